The standard InChI is InChI=1S/C19H14Cl2N4O5/c20-12-1-2-15(25-10-22-9-23-25)14(7-12)24-17(26)8-30-19(27)11-5-13(21)18-16(6-11)28-3-4-29-18/h1-2,5-7,9-10H,3-4,8H2,(H,24,26). The first kappa shape index (κ1) is 20.0. The largest absolute Gasteiger partial charge is 0.486 e. The van der Waals surface area contributed by atoms with Crippen LogP contribution in [0.15, 0.2) is 43.0 Å². The average Bonchev–Trinajstić information content (AvgIpc) is 3.26. The van der Waals surface area contributed by atoms with Crippen molar-refractivity contribution in [2.45, 2.75) is 0 Å². The van der Waals surface area contributed by atoms with Crippen LogP contribution in [0.5, 0.6) is 11.5 Å². The Hall–Kier alpha value is -3.30. The number of rotatable bonds is 5. The van der Waals surface area contributed by atoms with Crippen LogP contribution in [0.25, 0.3) is 5.69 Å². The molecule has 2 heterocycles. The topological polar surface area (TPSA) is 105 Å². The lowest BCUT2D eigenvalue weighted by molar-refractivity contribution is -0.119. The summed E-state index contributed by atoms with van der Waals surface area (Å²) in [5, 5.41) is 7.32. The van der Waals surface area contributed by atoms with E-state index in [0.717, 1.165) is 0 Å². The van der Waals surface area contributed by atoms with Crippen LogP contribution in [-0.4, -0.2) is 46.5 Å². The van der Waals surface area contributed by atoms with Crippen molar-refractivity contribution in [1.29, 1.82) is 0 Å². The predicted octanol–water partition coefficient (Wildman–Crippen LogP) is 3.14. The Morgan fingerprint density at radius 2 is 2.00 bits per heavy atom. The van der Waals surface area contributed by atoms with Gasteiger partial charge in [-0.2, -0.15) is 5.10 Å². The molecule has 0 bridgehead atoms. The van der Waals surface area contributed by atoms with E-state index in [2.05, 4.69) is 15.4 Å². The lowest BCUT2D eigenvalue weighted by atomic mass is 10.2. The molecule has 0 atom stereocenters. The molecule has 0 saturated heterocycles. The molecule has 9 nitrogen and oxygen atoms in total. The number of benzene rings is 2. The number of halogens is 2. The van der Waals surface area contributed by atoms with E-state index in [0.29, 0.717) is 41.1 Å². The van der Waals surface area contributed by atoms with Gasteiger partial charge in [0.25, 0.3) is 5.91 Å². The van der Waals surface area contributed by atoms with E-state index in [-0.39, 0.29) is 10.6 Å². The van der Waals surface area contributed by atoms with E-state index in [1.54, 1.807) is 18.2 Å². The van der Waals surface area contributed by atoms with Gasteiger partial charge in [0.15, 0.2) is 18.1 Å². The predicted molar refractivity (Wildman–Crippen MR) is 108 cm³/mol. The highest BCUT2D eigenvalue weighted by atomic mass is 35.5. The number of aromatic nitrogens is 3. The summed E-state index contributed by atoms with van der Waals surface area (Å²) in [5.74, 6) is -0.567. The Morgan fingerprint density at radius 1 is 1.17 bits per heavy atom. The van der Waals surface area contributed by atoms with Crippen LogP contribution in [0.3, 0.4) is 0 Å². The fraction of sp³-hybridized carbons (Fsp3) is 0.158. The summed E-state index contributed by atoms with van der Waals surface area (Å²) in [6, 6.07) is 7.74. The maximum absolute atomic E-state index is 12.3. The normalized spacial score (nSPS) is 12.3. The van der Waals surface area contributed by atoms with Gasteiger partial charge in [0, 0.05) is 5.02 Å². The number of hydrogen-bond donors (Lipinski definition) is 1. The number of nitrogens with zero attached hydrogens (tertiary/aromatic N) is 3. The zero-order valence-corrected chi connectivity index (χ0v) is 16.8. The van der Waals surface area contributed by atoms with Crippen LogP contribution >= 0.6 is 23.2 Å². The van der Waals surface area contributed by atoms with Gasteiger partial charge >= 0.3 is 5.97 Å². The second-order valence-corrected chi connectivity index (χ2v) is 6.95. The monoisotopic (exact) mass is 448 g/mol. The maximum atomic E-state index is 12.3. The van der Waals surface area contributed by atoms with E-state index in [4.69, 9.17) is 37.4 Å². The Bertz CT molecular complexity index is 1100. The second-order valence-electron chi connectivity index (χ2n) is 6.11. The summed E-state index contributed by atoms with van der Waals surface area (Å²) < 4.78 is 17.4. The number of nitrogens with one attached hydrogen (secondary N) is 1. The molecule has 1 aliphatic rings. The summed E-state index contributed by atoms with van der Waals surface area (Å²) >= 11 is 12.2. The fourth-order valence-electron chi connectivity index (χ4n) is 2.77. The number of hydrogen-bond acceptors (Lipinski definition) is 7. The number of amides is 1. The van der Waals surface area contributed by atoms with Gasteiger partial charge in [-0.25, -0.2) is 14.5 Å². The minimum Gasteiger partial charge on any atom is -0.486 e. The van der Waals surface area contributed by atoms with Crippen molar-refractivity contribution in [2.75, 3.05) is 25.1 Å². The molecular weight excluding hydrogens is 435 g/mol. The first-order valence-electron chi connectivity index (χ1n) is 8.72. The van der Waals surface area contributed by atoms with Gasteiger partial charge < -0.3 is 19.5 Å². The summed E-state index contributed by atoms with van der Waals surface area (Å²) in [5.41, 5.74) is 1.08. The van der Waals surface area contributed by atoms with Crippen molar-refractivity contribution in [3.63, 3.8) is 0 Å². The molecule has 11 heteroatoms. The molecule has 1 aliphatic heterocycles. The molecule has 0 aliphatic carbocycles. The second kappa shape index (κ2) is 8.60. The van der Waals surface area contributed by atoms with E-state index < -0.39 is 18.5 Å². The fourth-order valence-corrected chi connectivity index (χ4v) is 3.21. The minimum atomic E-state index is -0.730. The molecule has 0 saturated carbocycles. The van der Waals surface area contributed by atoms with Crippen LogP contribution < -0.4 is 14.8 Å². The van der Waals surface area contributed by atoms with Gasteiger partial charge in [-0.3, -0.25) is 4.79 Å². The highest BCUT2D eigenvalue weighted by Crippen LogP contribution is 2.38. The van der Waals surface area contributed by atoms with Gasteiger partial charge in [-0.1, -0.05) is 23.2 Å². The molecule has 0 unspecified atom stereocenters. The number of fused-ring (bicyclic) bond motifs is 1. The number of anilines is 1. The summed E-state index contributed by atoms with van der Waals surface area (Å²) in [6.07, 6.45) is 2.84. The summed E-state index contributed by atoms with van der Waals surface area (Å²) in [6.45, 7) is 0.197. The molecule has 30 heavy (non-hydrogen) atoms. The van der Waals surface area contributed by atoms with Crippen molar-refractivity contribution in [3.8, 4) is 17.2 Å². The van der Waals surface area contributed by atoms with Crippen LogP contribution in [0.2, 0.25) is 10.0 Å². The zero-order valence-electron chi connectivity index (χ0n) is 15.3. The van der Waals surface area contributed by atoms with Crippen molar-refractivity contribution >= 4 is 40.8 Å². The summed E-state index contributed by atoms with van der Waals surface area (Å²) in [4.78, 5) is 28.6. The molecular formula is C19H14Cl2N4O5. The third-order valence-corrected chi connectivity index (χ3v) is 4.58. The van der Waals surface area contributed by atoms with E-state index in [1.165, 1.54) is 29.5 Å². The highest BCUT2D eigenvalue weighted by Gasteiger charge is 2.21. The molecule has 4 rings (SSSR count). The lowest BCUT2D eigenvalue weighted by Crippen LogP contribution is -2.22. The molecule has 0 radical (unpaired) electrons. The molecule has 0 fully saturated rings. The first-order valence-corrected chi connectivity index (χ1v) is 9.47. The van der Waals surface area contributed by atoms with Crippen molar-refractivity contribution in [3.05, 3.63) is 58.6 Å². The van der Waals surface area contributed by atoms with Crippen LogP contribution in [-0.2, 0) is 9.53 Å². The molecule has 0 spiro atoms. The average molecular weight is 449 g/mol. The quantitative estimate of drug-likeness (QED) is 0.597. The van der Waals surface area contributed by atoms with Gasteiger partial charge in [0.1, 0.15) is 25.9 Å². The lowest BCUT2D eigenvalue weighted by Gasteiger charge is -2.20. The Kier molecular flexibility index (Phi) is 5.73. The molecule has 2 aromatic carbocycles. The van der Waals surface area contributed by atoms with Gasteiger partial charge in [0.05, 0.1) is 22.0 Å². The SMILES string of the molecule is O=C(COC(=O)c1cc(Cl)c2c(c1)OCCO2)Nc1cc(Cl)ccc1-n1cncn1. The first-order chi connectivity index (χ1) is 14.5. The third-order valence-electron chi connectivity index (χ3n) is 4.07. The Labute approximate surface area is 180 Å². The molecule has 1 N–H and O–H groups in total. The Balaban J connectivity index is 1.43. The van der Waals surface area contributed by atoms with E-state index in [1.807, 2.05) is 0 Å². The van der Waals surface area contributed by atoms with Crippen molar-refractivity contribution < 1.29 is 23.8 Å². The van der Waals surface area contributed by atoms with Gasteiger partial charge in [0.2, 0.25) is 0 Å². The number of carbonyl (C=O) groups excluding carboxylic acids is 2. The van der Waals surface area contributed by atoms with E-state index >= 15 is 0 Å². The smallest absolute Gasteiger partial charge is 0.338 e. The van der Waals surface area contributed by atoms with Crippen molar-refractivity contribution in [2.24, 2.45) is 0 Å². The zero-order chi connectivity index (χ0) is 21.1. The van der Waals surface area contributed by atoms with Crippen LogP contribution in [0, 0.1) is 0 Å². The molecule has 3 aromatic rings. The van der Waals surface area contributed by atoms with Gasteiger partial charge in [-0.05, 0) is 30.3 Å². The maximum Gasteiger partial charge on any atom is 0.338 e. The van der Waals surface area contributed by atoms with Gasteiger partial charge in [-0.15, -0.1) is 0 Å². The summed E-state index contributed by atoms with van der Waals surface area (Å²) in [7, 11) is 0. The highest BCUT2D eigenvalue weighted by molar-refractivity contribution is 6.32. The molecule has 1 amide bonds. The number of esters is 1. The van der Waals surface area contributed by atoms with Crippen LogP contribution in [0.1, 0.15) is 10.4 Å². The number of ether oxygens (including phenoxy) is 3. The Morgan fingerprint density at radius 3 is 2.80 bits per heavy atom. The van der Waals surface area contributed by atoms with Crippen LogP contribution in [0.4, 0.5) is 5.69 Å². The minimum absolute atomic E-state index is 0.142. The molecule has 154 valence electrons. The third kappa shape index (κ3) is 4.32. The van der Waals surface area contributed by atoms with Crippen molar-refractivity contribution in [1.82, 2.24) is 14.8 Å². The molecule has 1 aromatic heterocycles. The van der Waals surface area contributed by atoms with E-state index in [9.17, 15) is 9.59 Å². The number of carbonyl (C=O) groups is 2.